The molecule has 72 valence electrons. The van der Waals surface area contributed by atoms with Gasteiger partial charge < -0.3 is 10.8 Å². The maximum absolute atomic E-state index is 13.2. The largest absolute Gasteiger partial charge is 0.508 e. The van der Waals surface area contributed by atoms with Gasteiger partial charge in [-0.1, -0.05) is 13.8 Å². The lowest BCUT2D eigenvalue weighted by Gasteiger charge is -2.16. The van der Waals surface area contributed by atoms with E-state index in [0.717, 1.165) is 0 Å². The lowest BCUT2D eigenvalue weighted by molar-refractivity contribution is 0.456. The number of aromatic hydroxyl groups is 1. The molecule has 0 unspecified atom stereocenters. The Balaban J connectivity index is 3.05. The average molecular weight is 183 g/mol. The highest BCUT2D eigenvalue weighted by Gasteiger charge is 2.15. The number of hydrogen-bond donors (Lipinski definition) is 2. The van der Waals surface area contributed by atoms with Crippen LogP contribution in [0.25, 0.3) is 0 Å². The summed E-state index contributed by atoms with van der Waals surface area (Å²) in [5.41, 5.74) is 6.13. The van der Waals surface area contributed by atoms with Crippen molar-refractivity contribution in [3.8, 4) is 5.75 Å². The van der Waals surface area contributed by atoms with E-state index in [0.29, 0.717) is 5.56 Å². The quantitative estimate of drug-likeness (QED) is 0.738. The smallest absolute Gasteiger partial charge is 0.128 e. The Hall–Kier alpha value is -1.09. The van der Waals surface area contributed by atoms with Crippen LogP contribution < -0.4 is 5.73 Å². The molecule has 0 spiro atoms. The average Bonchev–Trinajstić information content (AvgIpc) is 2.08. The first-order valence-corrected chi connectivity index (χ1v) is 4.26. The van der Waals surface area contributed by atoms with Gasteiger partial charge in [-0.2, -0.15) is 0 Å². The van der Waals surface area contributed by atoms with Gasteiger partial charge in [0.05, 0.1) is 0 Å². The maximum atomic E-state index is 13.2. The summed E-state index contributed by atoms with van der Waals surface area (Å²) >= 11 is 0. The number of phenols is 1. The van der Waals surface area contributed by atoms with E-state index in [4.69, 9.17) is 10.8 Å². The second-order valence-electron chi connectivity index (χ2n) is 3.48. The number of hydrogen-bond acceptors (Lipinski definition) is 2. The first kappa shape index (κ1) is 9.99. The summed E-state index contributed by atoms with van der Waals surface area (Å²) in [6.45, 7) is 3.82. The van der Waals surface area contributed by atoms with Crippen molar-refractivity contribution >= 4 is 0 Å². The van der Waals surface area contributed by atoms with Crippen LogP contribution in [-0.4, -0.2) is 5.11 Å². The highest BCUT2D eigenvalue weighted by atomic mass is 19.1. The van der Waals surface area contributed by atoms with Crippen LogP contribution in [0.15, 0.2) is 18.2 Å². The molecule has 0 aliphatic rings. The van der Waals surface area contributed by atoms with Crippen LogP contribution in [0, 0.1) is 11.7 Å². The molecule has 0 aliphatic heterocycles. The molecule has 0 saturated carbocycles. The standard InChI is InChI=1S/C10H14FNO/c1-6(2)10(12)8-5-7(13)3-4-9(8)11/h3-6,10,13H,12H2,1-2H3/t10-/m0/s1. The molecule has 1 aromatic rings. The van der Waals surface area contributed by atoms with E-state index in [2.05, 4.69) is 0 Å². The molecule has 0 bridgehead atoms. The van der Waals surface area contributed by atoms with Gasteiger partial charge in [0.1, 0.15) is 11.6 Å². The highest BCUT2D eigenvalue weighted by molar-refractivity contribution is 5.30. The highest BCUT2D eigenvalue weighted by Crippen LogP contribution is 2.24. The molecule has 1 aromatic carbocycles. The molecule has 0 aliphatic carbocycles. The van der Waals surface area contributed by atoms with Gasteiger partial charge in [0.25, 0.3) is 0 Å². The number of rotatable bonds is 2. The Morgan fingerprint density at radius 2 is 2.00 bits per heavy atom. The van der Waals surface area contributed by atoms with Crippen molar-refractivity contribution in [2.24, 2.45) is 11.7 Å². The topological polar surface area (TPSA) is 46.2 Å². The van der Waals surface area contributed by atoms with E-state index in [1.54, 1.807) is 0 Å². The molecule has 0 radical (unpaired) electrons. The fourth-order valence-corrected chi connectivity index (χ4v) is 1.15. The van der Waals surface area contributed by atoms with Crippen molar-refractivity contribution in [2.75, 3.05) is 0 Å². The summed E-state index contributed by atoms with van der Waals surface area (Å²) in [4.78, 5) is 0. The van der Waals surface area contributed by atoms with Crippen molar-refractivity contribution in [3.05, 3.63) is 29.6 Å². The molecule has 2 nitrogen and oxygen atoms in total. The van der Waals surface area contributed by atoms with Gasteiger partial charge in [-0.05, 0) is 24.1 Å². The Kier molecular flexibility index (Phi) is 2.88. The van der Waals surface area contributed by atoms with Crippen LogP contribution >= 0.6 is 0 Å². The second kappa shape index (κ2) is 3.75. The molecule has 0 amide bonds. The summed E-state index contributed by atoms with van der Waals surface area (Å²) in [7, 11) is 0. The second-order valence-corrected chi connectivity index (χ2v) is 3.48. The molecule has 3 N–H and O–H groups in total. The minimum atomic E-state index is -0.368. The van der Waals surface area contributed by atoms with Gasteiger partial charge in [-0.3, -0.25) is 0 Å². The molecule has 0 saturated heterocycles. The van der Waals surface area contributed by atoms with E-state index in [1.807, 2.05) is 13.8 Å². The summed E-state index contributed by atoms with van der Waals surface area (Å²) < 4.78 is 13.2. The fourth-order valence-electron chi connectivity index (χ4n) is 1.15. The zero-order valence-electron chi connectivity index (χ0n) is 7.79. The molecular formula is C10H14FNO. The number of phenolic OH excluding ortho intramolecular Hbond substituents is 1. The van der Waals surface area contributed by atoms with E-state index in [-0.39, 0.29) is 23.5 Å². The lowest BCUT2D eigenvalue weighted by atomic mass is 9.96. The Morgan fingerprint density at radius 1 is 1.38 bits per heavy atom. The molecule has 0 aromatic heterocycles. The molecule has 13 heavy (non-hydrogen) atoms. The summed E-state index contributed by atoms with van der Waals surface area (Å²) in [5.74, 6) is -0.164. The van der Waals surface area contributed by atoms with E-state index >= 15 is 0 Å². The molecule has 1 rings (SSSR count). The van der Waals surface area contributed by atoms with Gasteiger partial charge in [0.15, 0.2) is 0 Å². The van der Waals surface area contributed by atoms with Crippen molar-refractivity contribution in [2.45, 2.75) is 19.9 Å². The maximum Gasteiger partial charge on any atom is 0.128 e. The molecule has 3 heteroatoms. The van der Waals surface area contributed by atoms with Gasteiger partial charge in [-0.25, -0.2) is 4.39 Å². The van der Waals surface area contributed by atoms with Gasteiger partial charge in [0, 0.05) is 11.6 Å². The zero-order chi connectivity index (χ0) is 10.0. The third kappa shape index (κ3) is 2.18. The third-order valence-corrected chi connectivity index (χ3v) is 2.06. The van der Waals surface area contributed by atoms with Crippen LogP contribution in [0.2, 0.25) is 0 Å². The molecule has 0 heterocycles. The van der Waals surface area contributed by atoms with Crippen LogP contribution in [0.4, 0.5) is 4.39 Å². The Bertz CT molecular complexity index is 299. The monoisotopic (exact) mass is 183 g/mol. The summed E-state index contributed by atoms with van der Waals surface area (Å²) in [5, 5.41) is 9.15. The van der Waals surface area contributed by atoms with Crippen LogP contribution in [-0.2, 0) is 0 Å². The normalized spacial score (nSPS) is 13.3. The minimum Gasteiger partial charge on any atom is -0.508 e. The fraction of sp³-hybridized carbons (Fsp3) is 0.400. The predicted octanol–water partition coefficient (Wildman–Crippen LogP) is 2.19. The van der Waals surface area contributed by atoms with Crippen LogP contribution in [0.1, 0.15) is 25.5 Å². The first-order valence-electron chi connectivity index (χ1n) is 4.26. The van der Waals surface area contributed by atoms with Crippen molar-refractivity contribution < 1.29 is 9.50 Å². The predicted molar refractivity (Wildman–Crippen MR) is 49.8 cm³/mol. The summed E-state index contributed by atoms with van der Waals surface area (Å²) in [6.07, 6.45) is 0. The Morgan fingerprint density at radius 3 is 2.54 bits per heavy atom. The van der Waals surface area contributed by atoms with E-state index in [9.17, 15) is 4.39 Å². The van der Waals surface area contributed by atoms with Crippen molar-refractivity contribution in [1.82, 2.24) is 0 Å². The van der Waals surface area contributed by atoms with Gasteiger partial charge in [0.2, 0.25) is 0 Å². The minimum absolute atomic E-state index is 0.0486. The summed E-state index contributed by atoms with van der Waals surface area (Å²) in [6, 6.07) is 3.55. The molecule has 0 fully saturated rings. The first-order chi connectivity index (χ1) is 6.02. The SMILES string of the molecule is CC(C)[C@H](N)c1cc(O)ccc1F. The van der Waals surface area contributed by atoms with Crippen LogP contribution in [0.3, 0.4) is 0 Å². The van der Waals surface area contributed by atoms with E-state index in [1.165, 1.54) is 18.2 Å². The lowest BCUT2D eigenvalue weighted by Crippen LogP contribution is -2.17. The van der Waals surface area contributed by atoms with Gasteiger partial charge >= 0.3 is 0 Å². The third-order valence-electron chi connectivity index (χ3n) is 2.06. The van der Waals surface area contributed by atoms with E-state index < -0.39 is 0 Å². The molecular weight excluding hydrogens is 169 g/mol. The zero-order valence-corrected chi connectivity index (χ0v) is 7.79. The Labute approximate surface area is 77.2 Å². The number of halogens is 1. The number of benzene rings is 1. The molecule has 1 atom stereocenters. The van der Waals surface area contributed by atoms with Crippen molar-refractivity contribution in [3.63, 3.8) is 0 Å². The van der Waals surface area contributed by atoms with Gasteiger partial charge in [-0.15, -0.1) is 0 Å². The van der Waals surface area contributed by atoms with Crippen molar-refractivity contribution in [1.29, 1.82) is 0 Å². The van der Waals surface area contributed by atoms with Crippen LogP contribution in [0.5, 0.6) is 5.75 Å². The number of nitrogens with two attached hydrogens (primary N) is 1.